The van der Waals surface area contributed by atoms with Gasteiger partial charge in [0.15, 0.2) is 0 Å². The minimum absolute atomic E-state index is 0.0489. The van der Waals surface area contributed by atoms with Gasteiger partial charge in [0.25, 0.3) is 0 Å². The van der Waals surface area contributed by atoms with E-state index in [0.29, 0.717) is 13.0 Å². The molecule has 0 radical (unpaired) electrons. The number of carbonyl (C=O) groups is 1. The molecule has 0 spiro atoms. The van der Waals surface area contributed by atoms with Crippen LogP contribution < -0.4 is 0 Å². The standard InChI is InChI=1S/C16H28O2/c1-4-15(17)18-11-16(3)10-14(16)12(2)13-8-6-5-7-9-13/h12-14H,4-11H2,1-3H3/t12-,14?,16?/m0/s1. The van der Waals surface area contributed by atoms with E-state index in [2.05, 4.69) is 13.8 Å². The van der Waals surface area contributed by atoms with Gasteiger partial charge >= 0.3 is 5.97 Å². The zero-order valence-electron chi connectivity index (χ0n) is 12.2. The first-order valence-corrected chi connectivity index (χ1v) is 7.72. The van der Waals surface area contributed by atoms with Crippen molar-refractivity contribution in [3.8, 4) is 0 Å². The van der Waals surface area contributed by atoms with Gasteiger partial charge in [-0.3, -0.25) is 4.79 Å². The van der Waals surface area contributed by atoms with Crippen molar-refractivity contribution in [2.24, 2.45) is 23.2 Å². The first kappa shape index (κ1) is 13.9. The summed E-state index contributed by atoms with van der Waals surface area (Å²) in [5.74, 6) is 2.47. The Morgan fingerprint density at radius 1 is 1.33 bits per heavy atom. The molecule has 104 valence electrons. The van der Waals surface area contributed by atoms with Crippen molar-refractivity contribution < 1.29 is 9.53 Å². The lowest BCUT2D eigenvalue weighted by Crippen LogP contribution is -2.21. The van der Waals surface area contributed by atoms with Gasteiger partial charge in [-0.1, -0.05) is 52.9 Å². The van der Waals surface area contributed by atoms with Gasteiger partial charge in [-0.25, -0.2) is 0 Å². The number of hydrogen-bond donors (Lipinski definition) is 0. The molecule has 2 nitrogen and oxygen atoms in total. The molecule has 3 atom stereocenters. The van der Waals surface area contributed by atoms with Crippen molar-refractivity contribution >= 4 is 5.97 Å². The fraction of sp³-hybridized carbons (Fsp3) is 0.938. The topological polar surface area (TPSA) is 26.3 Å². The highest BCUT2D eigenvalue weighted by molar-refractivity contribution is 5.68. The second-order valence-electron chi connectivity index (χ2n) is 6.74. The number of ether oxygens (including phenoxy) is 1. The summed E-state index contributed by atoms with van der Waals surface area (Å²) in [6.45, 7) is 7.22. The third kappa shape index (κ3) is 3.07. The van der Waals surface area contributed by atoms with Crippen molar-refractivity contribution in [3.05, 3.63) is 0 Å². The van der Waals surface area contributed by atoms with E-state index in [1.807, 2.05) is 6.92 Å². The van der Waals surface area contributed by atoms with Crippen molar-refractivity contribution in [1.82, 2.24) is 0 Å². The Balaban J connectivity index is 1.79. The molecule has 2 unspecified atom stereocenters. The van der Waals surface area contributed by atoms with Gasteiger partial charge in [-0.05, 0) is 24.2 Å². The van der Waals surface area contributed by atoms with Crippen LogP contribution in [0.5, 0.6) is 0 Å². The van der Waals surface area contributed by atoms with Crippen LogP contribution in [-0.4, -0.2) is 12.6 Å². The van der Waals surface area contributed by atoms with Crippen LogP contribution in [0.25, 0.3) is 0 Å². The second-order valence-corrected chi connectivity index (χ2v) is 6.74. The summed E-state index contributed by atoms with van der Waals surface area (Å²) in [5, 5.41) is 0. The molecule has 2 saturated carbocycles. The first-order valence-electron chi connectivity index (χ1n) is 7.72. The monoisotopic (exact) mass is 252 g/mol. The maximum atomic E-state index is 11.2. The average molecular weight is 252 g/mol. The second kappa shape index (κ2) is 5.63. The normalized spacial score (nSPS) is 34.1. The molecule has 2 aliphatic carbocycles. The molecule has 0 bridgehead atoms. The fourth-order valence-electron chi connectivity index (χ4n) is 3.77. The Hall–Kier alpha value is -0.530. The minimum Gasteiger partial charge on any atom is -0.465 e. The third-order valence-corrected chi connectivity index (χ3v) is 5.30. The van der Waals surface area contributed by atoms with Crippen molar-refractivity contribution in [1.29, 1.82) is 0 Å². The van der Waals surface area contributed by atoms with Crippen LogP contribution in [0.1, 0.15) is 65.7 Å². The minimum atomic E-state index is -0.0489. The Bertz CT molecular complexity index is 293. The first-order chi connectivity index (χ1) is 8.57. The van der Waals surface area contributed by atoms with Crippen molar-refractivity contribution in [3.63, 3.8) is 0 Å². The van der Waals surface area contributed by atoms with Crippen molar-refractivity contribution in [2.45, 2.75) is 65.7 Å². The summed E-state index contributed by atoms with van der Waals surface area (Å²) in [5.41, 5.74) is 0.279. The van der Waals surface area contributed by atoms with Gasteiger partial charge in [0.2, 0.25) is 0 Å². The maximum Gasteiger partial charge on any atom is 0.305 e. The highest BCUT2D eigenvalue weighted by Gasteiger charge is 2.54. The molecule has 2 aliphatic rings. The van der Waals surface area contributed by atoms with Crippen LogP contribution in [0.4, 0.5) is 0 Å². The molecule has 2 rings (SSSR count). The third-order valence-electron chi connectivity index (χ3n) is 5.30. The highest BCUT2D eigenvalue weighted by atomic mass is 16.5. The molecule has 0 heterocycles. The Morgan fingerprint density at radius 2 is 2.00 bits per heavy atom. The average Bonchev–Trinajstić information content (AvgIpc) is 3.09. The predicted molar refractivity (Wildman–Crippen MR) is 73.2 cm³/mol. The van der Waals surface area contributed by atoms with E-state index >= 15 is 0 Å². The molecular weight excluding hydrogens is 224 g/mol. The molecule has 0 N–H and O–H groups in total. The Morgan fingerprint density at radius 3 is 2.61 bits per heavy atom. The van der Waals surface area contributed by atoms with E-state index in [4.69, 9.17) is 4.74 Å². The fourth-order valence-corrected chi connectivity index (χ4v) is 3.77. The summed E-state index contributed by atoms with van der Waals surface area (Å²) >= 11 is 0. The predicted octanol–water partition coefficient (Wildman–Crippen LogP) is 4.18. The molecule has 18 heavy (non-hydrogen) atoms. The molecule has 2 heteroatoms. The molecule has 0 aromatic heterocycles. The largest absolute Gasteiger partial charge is 0.465 e. The van der Waals surface area contributed by atoms with Crippen LogP contribution in [-0.2, 0) is 9.53 Å². The van der Waals surface area contributed by atoms with Gasteiger partial charge in [0, 0.05) is 11.8 Å². The molecule has 0 amide bonds. The van der Waals surface area contributed by atoms with E-state index in [0.717, 1.165) is 17.8 Å². The van der Waals surface area contributed by atoms with E-state index in [-0.39, 0.29) is 11.4 Å². The summed E-state index contributed by atoms with van der Waals surface area (Å²) in [4.78, 5) is 11.2. The van der Waals surface area contributed by atoms with E-state index in [1.165, 1.54) is 38.5 Å². The summed E-state index contributed by atoms with van der Waals surface area (Å²) in [7, 11) is 0. The molecule has 0 saturated heterocycles. The van der Waals surface area contributed by atoms with E-state index in [1.54, 1.807) is 0 Å². The Labute approximate surface area is 111 Å². The van der Waals surface area contributed by atoms with E-state index < -0.39 is 0 Å². The summed E-state index contributed by atoms with van der Waals surface area (Å²) in [6, 6.07) is 0. The van der Waals surface area contributed by atoms with Gasteiger partial charge < -0.3 is 4.74 Å². The molecule has 2 fully saturated rings. The van der Waals surface area contributed by atoms with E-state index in [9.17, 15) is 4.79 Å². The van der Waals surface area contributed by atoms with Crippen molar-refractivity contribution in [2.75, 3.05) is 6.61 Å². The van der Waals surface area contributed by atoms with Crippen LogP contribution in [0.2, 0.25) is 0 Å². The maximum absolute atomic E-state index is 11.2. The zero-order valence-corrected chi connectivity index (χ0v) is 12.2. The summed E-state index contributed by atoms with van der Waals surface area (Å²) < 4.78 is 5.35. The van der Waals surface area contributed by atoms with Crippen LogP contribution in [0, 0.1) is 23.2 Å². The number of hydrogen-bond acceptors (Lipinski definition) is 2. The SMILES string of the molecule is CCC(=O)OCC1(C)CC1[C@@H](C)C1CCCCC1. The van der Waals surface area contributed by atoms with Gasteiger partial charge in [0.05, 0.1) is 6.61 Å². The zero-order chi connectivity index (χ0) is 13.2. The van der Waals surface area contributed by atoms with Gasteiger partial charge in [0.1, 0.15) is 0 Å². The molecular formula is C16H28O2. The quantitative estimate of drug-likeness (QED) is 0.686. The Kier molecular flexibility index (Phi) is 4.34. The lowest BCUT2D eigenvalue weighted by Gasteiger charge is -2.29. The lowest BCUT2D eigenvalue weighted by atomic mass is 9.77. The number of carbonyl (C=O) groups excluding carboxylic acids is 1. The van der Waals surface area contributed by atoms with Crippen LogP contribution in [0.15, 0.2) is 0 Å². The van der Waals surface area contributed by atoms with Gasteiger partial charge in [-0.2, -0.15) is 0 Å². The smallest absolute Gasteiger partial charge is 0.305 e. The van der Waals surface area contributed by atoms with Crippen LogP contribution in [0.3, 0.4) is 0 Å². The number of esters is 1. The summed E-state index contributed by atoms with van der Waals surface area (Å²) in [6.07, 6.45) is 8.86. The van der Waals surface area contributed by atoms with Gasteiger partial charge in [-0.15, -0.1) is 0 Å². The highest BCUT2D eigenvalue weighted by Crippen LogP contribution is 2.59. The number of rotatable bonds is 5. The molecule has 0 aromatic rings. The molecule has 0 aliphatic heterocycles. The molecule has 0 aromatic carbocycles. The lowest BCUT2D eigenvalue weighted by molar-refractivity contribution is -0.145. The van der Waals surface area contributed by atoms with Crippen LogP contribution >= 0.6 is 0 Å².